The first-order chi connectivity index (χ1) is 8.29. The van der Waals surface area contributed by atoms with Crippen molar-refractivity contribution in [2.75, 3.05) is 26.9 Å². The SMILES string of the molecule is CNC(C)CCc1nc(C2COCCO2)no1. The van der Waals surface area contributed by atoms with Gasteiger partial charge in [-0.15, -0.1) is 0 Å². The summed E-state index contributed by atoms with van der Waals surface area (Å²) in [6, 6.07) is 0.444. The molecule has 1 aromatic heterocycles. The summed E-state index contributed by atoms with van der Waals surface area (Å²) in [6.07, 6.45) is 1.57. The highest BCUT2D eigenvalue weighted by Crippen LogP contribution is 2.18. The van der Waals surface area contributed by atoms with E-state index in [2.05, 4.69) is 22.4 Å². The molecule has 2 unspecified atom stereocenters. The molecule has 1 aromatic rings. The molecule has 17 heavy (non-hydrogen) atoms. The molecular formula is C11H19N3O3. The number of aryl methyl sites for hydroxylation is 1. The largest absolute Gasteiger partial charge is 0.376 e. The molecule has 1 N–H and O–H groups in total. The Morgan fingerprint density at radius 1 is 1.47 bits per heavy atom. The lowest BCUT2D eigenvalue weighted by molar-refractivity contribution is -0.0941. The maximum absolute atomic E-state index is 5.50. The molecule has 0 saturated carbocycles. The molecule has 2 rings (SSSR count). The van der Waals surface area contributed by atoms with Crippen molar-refractivity contribution in [3.8, 4) is 0 Å². The van der Waals surface area contributed by atoms with Crippen molar-refractivity contribution in [3.63, 3.8) is 0 Å². The summed E-state index contributed by atoms with van der Waals surface area (Å²) < 4.78 is 16.0. The van der Waals surface area contributed by atoms with Gasteiger partial charge >= 0.3 is 0 Å². The van der Waals surface area contributed by atoms with Crippen LogP contribution in [0.15, 0.2) is 4.52 Å². The Labute approximate surface area is 101 Å². The molecule has 6 nitrogen and oxygen atoms in total. The van der Waals surface area contributed by atoms with E-state index < -0.39 is 0 Å². The lowest BCUT2D eigenvalue weighted by Gasteiger charge is -2.19. The first kappa shape index (κ1) is 12.5. The molecule has 0 amide bonds. The predicted molar refractivity (Wildman–Crippen MR) is 60.7 cm³/mol. The predicted octanol–water partition coefficient (Wildman–Crippen LogP) is 0.698. The van der Waals surface area contributed by atoms with Crippen LogP contribution in [0.4, 0.5) is 0 Å². The number of ether oxygens (including phenoxy) is 2. The van der Waals surface area contributed by atoms with Gasteiger partial charge in [-0.1, -0.05) is 5.16 Å². The van der Waals surface area contributed by atoms with Crippen molar-refractivity contribution in [2.24, 2.45) is 0 Å². The maximum Gasteiger partial charge on any atom is 0.226 e. The number of hydrogen-bond donors (Lipinski definition) is 1. The van der Waals surface area contributed by atoms with E-state index in [1.54, 1.807) is 0 Å². The van der Waals surface area contributed by atoms with Gasteiger partial charge in [0.25, 0.3) is 0 Å². The monoisotopic (exact) mass is 241 g/mol. The molecule has 0 aromatic carbocycles. The fourth-order valence-electron chi connectivity index (χ4n) is 1.62. The van der Waals surface area contributed by atoms with E-state index in [1.807, 2.05) is 7.05 Å². The van der Waals surface area contributed by atoms with E-state index in [-0.39, 0.29) is 6.10 Å². The first-order valence-electron chi connectivity index (χ1n) is 5.98. The van der Waals surface area contributed by atoms with Crippen LogP contribution in [0.25, 0.3) is 0 Å². The molecule has 2 atom stereocenters. The Hall–Kier alpha value is -0.980. The van der Waals surface area contributed by atoms with E-state index >= 15 is 0 Å². The normalized spacial score (nSPS) is 22.6. The highest BCUT2D eigenvalue weighted by atomic mass is 16.6. The van der Waals surface area contributed by atoms with Gasteiger partial charge in [-0.05, 0) is 20.4 Å². The number of aromatic nitrogens is 2. The maximum atomic E-state index is 5.50. The van der Waals surface area contributed by atoms with E-state index in [0.717, 1.165) is 12.8 Å². The Kier molecular flexibility index (Phi) is 4.47. The summed E-state index contributed by atoms with van der Waals surface area (Å²) in [7, 11) is 1.94. The second-order valence-electron chi connectivity index (χ2n) is 4.21. The molecule has 0 aliphatic carbocycles. The Balaban J connectivity index is 1.86. The molecular weight excluding hydrogens is 222 g/mol. The molecule has 1 aliphatic heterocycles. The van der Waals surface area contributed by atoms with Gasteiger partial charge in [0.2, 0.25) is 11.7 Å². The molecule has 96 valence electrons. The lowest BCUT2D eigenvalue weighted by atomic mass is 10.2. The van der Waals surface area contributed by atoms with Crippen LogP contribution in [0.3, 0.4) is 0 Å². The molecule has 2 heterocycles. The number of rotatable bonds is 5. The van der Waals surface area contributed by atoms with E-state index in [0.29, 0.717) is 37.6 Å². The van der Waals surface area contributed by atoms with Gasteiger partial charge in [-0.3, -0.25) is 0 Å². The zero-order valence-corrected chi connectivity index (χ0v) is 10.3. The summed E-state index contributed by atoms with van der Waals surface area (Å²) >= 11 is 0. The molecule has 6 heteroatoms. The third-order valence-corrected chi connectivity index (χ3v) is 2.87. The molecule has 0 radical (unpaired) electrons. The van der Waals surface area contributed by atoms with Gasteiger partial charge < -0.3 is 19.3 Å². The van der Waals surface area contributed by atoms with Gasteiger partial charge in [0.05, 0.1) is 19.8 Å². The number of nitrogens with zero attached hydrogens (tertiary/aromatic N) is 2. The smallest absolute Gasteiger partial charge is 0.226 e. The summed E-state index contributed by atoms with van der Waals surface area (Å²) in [5, 5.41) is 7.10. The summed E-state index contributed by atoms with van der Waals surface area (Å²) in [6.45, 7) is 3.85. The quantitative estimate of drug-likeness (QED) is 0.818. The minimum absolute atomic E-state index is 0.178. The summed E-state index contributed by atoms with van der Waals surface area (Å²) in [4.78, 5) is 4.33. The summed E-state index contributed by atoms with van der Waals surface area (Å²) in [5.41, 5.74) is 0. The third kappa shape index (κ3) is 3.49. The zero-order chi connectivity index (χ0) is 12.1. The second-order valence-corrected chi connectivity index (χ2v) is 4.21. The van der Waals surface area contributed by atoms with Gasteiger partial charge in [-0.25, -0.2) is 0 Å². The molecule has 1 fully saturated rings. The van der Waals surface area contributed by atoms with E-state index in [4.69, 9.17) is 14.0 Å². The van der Waals surface area contributed by atoms with Crippen LogP contribution >= 0.6 is 0 Å². The van der Waals surface area contributed by atoms with Crippen molar-refractivity contribution < 1.29 is 14.0 Å². The number of hydrogen-bond acceptors (Lipinski definition) is 6. The number of nitrogens with one attached hydrogen (secondary N) is 1. The Bertz CT molecular complexity index is 336. The highest BCUT2D eigenvalue weighted by molar-refractivity contribution is 4.92. The molecule has 0 bridgehead atoms. The van der Waals surface area contributed by atoms with Crippen molar-refractivity contribution in [3.05, 3.63) is 11.7 Å². The highest BCUT2D eigenvalue weighted by Gasteiger charge is 2.22. The van der Waals surface area contributed by atoms with Crippen LogP contribution in [0.1, 0.15) is 31.2 Å². The van der Waals surface area contributed by atoms with Crippen LogP contribution < -0.4 is 5.32 Å². The van der Waals surface area contributed by atoms with Crippen LogP contribution in [0, 0.1) is 0 Å². The van der Waals surface area contributed by atoms with Crippen molar-refractivity contribution in [1.29, 1.82) is 0 Å². The van der Waals surface area contributed by atoms with Crippen molar-refractivity contribution in [1.82, 2.24) is 15.5 Å². The van der Waals surface area contributed by atoms with E-state index in [1.165, 1.54) is 0 Å². The van der Waals surface area contributed by atoms with Gasteiger partial charge in [0.15, 0.2) is 0 Å². The van der Waals surface area contributed by atoms with Crippen molar-refractivity contribution in [2.45, 2.75) is 31.9 Å². The van der Waals surface area contributed by atoms with Crippen LogP contribution in [0.2, 0.25) is 0 Å². The average molecular weight is 241 g/mol. The fraction of sp³-hybridized carbons (Fsp3) is 0.818. The van der Waals surface area contributed by atoms with E-state index in [9.17, 15) is 0 Å². The van der Waals surface area contributed by atoms with Gasteiger partial charge in [-0.2, -0.15) is 4.98 Å². The fourth-order valence-corrected chi connectivity index (χ4v) is 1.62. The third-order valence-electron chi connectivity index (χ3n) is 2.87. The summed E-state index contributed by atoms with van der Waals surface area (Å²) in [5.74, 6) is 1.26. The van der Waals surface area contributed by atoms with Crippen LogP contribution in [-0.4, -0.2) is 43.1 Å². The Morgan fingerprint density at radius 3 is 3.06 bits per heavy atom. The first-order valence-corrected chi connectivity index (χ1v) is 5.98. The standard InChI is InChI=1S/C11H19N3O3/c1-8(12-2)3-4-10-13-11(14-17-10)9-7-15-5-6-16-9/h8-9,12H,3-7H2,1-2H3. The van der Waals surface area contributed by atoms with Crippen LogP contribution in [0.5, 0.6) is 0 Å². The molecule has 1 saturated heterocycles. The van der Waals surface area contributed by atoms with Gasteiger partial charge in [0, 0.05) is 12.5 Å². The topological polar surface area (TPSA) is 69.4 Å². The second kappa shape index (κ2) is 6.09. The molecule has 1 aliphatic rings. The molecule has 0 spiro atoms. The lowest BCUT2D eigenvalue weighted by Crippen LogP contribution is -2.23. The minimum atomic E-state index is -0.178. The van der Waals surface area contributed by atoms with Crippen molar-refractivity contribution >= 4 is 0 Å². The minimum Gasteiger partial charge on any atom is -0.376 e. The van der Waals surface area contributed by atoms with Crippen LogP contribution in [-0.2, 0) is 15.9 Å². The Morgan fingerprint density at radius 2 is 2.35 bits per heavy atom. The average Bonchev–Trinajstić information content (AvgIpc) is 2.86. The zero-order valence-electron chi connectivity index (χ0n) is 10.3. The van der Waals surface area contributed by atoms with Gasteiger partial charge in [0.1, 0.15) is 6.10 Å².